The number of anilines is 1. The number of benzene rings is 2. The number of hydrogen-bond donors (Lipinski definition) is 3. The average Bonchev–Trinajstić information content (AvgIpc) is 2.93. The van der Waals surface area contributed by atoms with E-state index >= 15 is 0 Å². The first-order valence-electron chi connectivity index (χ1n) is 7.80. The second-order valence-electron chi connectivity index (χ2n) is 5.69. The molecule has 3 rings (SSSR count). The van der Waals surface area contributed by atoms with Crippen LogP contribution in [0.3, 0.4) is 0 Å². The van der Waals surface area contributed by atoms with Gasteiger partial charge in [-0.1, -0.05) is 36.4 Å². The minimum atomic E-state index is -0.0931. The van der Waals surface area contributed by atoms with E-state index in [1.165, 1.54) is 12.5 Å². The summed E-state index contributed by atoms with van der Waals surface area (Å²) in [5, 5.41) is 3.36. The fourth-order valence-electron chi connectivity index (χ4n) is 2.94. The number of hydrogen-bond acceptors (Lipinski definition) is 3. The number of ketones is 1. The molecule has 0 bridgehead atoms. The molecule has 0 atom stereocenters. The van der Waals surface area contributed by atoms with Crippen molar-refractivity contribution in [2.24, 2.45) is 5.73 Å². The van der Waals surface area contributed by atoms with Gasteiger partial charge in [-0.2, -0.15) is 0 Å². The van der Waals surface area contributed by atoms with Gasteiger partial charge < -0.3 is 16.0 Å². The highest BCUT2D eigenvalue weighted by molar-refractivity contribution is 6.13. The molecule has 0 unspecified atom stereocenters. The van der Waals surface area contributed by atoms with Crippen LogP contribution in [0.5, 0.6) is 0 Å². The lowest BCUT2D eigenvalue weighted by molar-refractivity contribution is -0.105. The lowest BCUT2D eigenvalue weighted by Crippen LogP contribution is -2.02. The van der Waals surface area contributed by atoms with Gasteiger partial charge in [0.05, 0.1) is 5.56 Å². The molecule has 0 radical (unpaired) electrons. The summed E-state index contributed by atoms with van der Waals surface area (Å²) in [5.41, 5.74) is 10.2. The van der Waals surface area contributed by atoms with Gasteiger partial charge in [0, 0.05) is 10.9 Å². The molecule has 0 spiro atoms. The highest BCUT2D eigenvalue weighted by Gasteiger charge is 2.15. The molecule has 5 heteroatoms. The van der Waals surface area contributed by atoms with Crippen molar-refractivity contribution in [2.75, 3.05) is 11.9 Å². The zero-order valence-electron chi connectivity index (χ0n) is 13.4. The van der Waals surface area contributed by atoms with Gasteiger partial charge in [0.1, 0.15) is 5.82 Å². The lowest BCUT2D eigenvalue weighted by atomic mass is 10.0. The Morgan fingerprint density at radius 3 is 2.50 bits per heavy atom. The Hall–Kier alpha value is -2.92. The zero-order valence-corrected chi connectivity index (χ0v) is 13.4. The number of aromatic amines is 1. The van der Waals surface area contributed by atoms with Crippen LogP contribution in [-0.4, -0.2) is 23.7 Å². The quantitative estimate of drug-likeness (QED) is 0.481. The second kappa shape index (κ2) is 6.68. The van der Waals surface area contributed by atoms with E-state index in [1.807, 2.05) is 18.2 Å². The number of aromatic nitrogens is 1. The molecular formula is C19H19N3O2. The highest BCUT2D eigenvalue weighted by Crippen LogP contribution is 2.30. The van der Waals surface area contributed by atoms with Crippen LogP contribution in [0.4, 0.5) is 5.82 Å². The number of fused-ring (bicyclic) bond motifs is 1. The SMILES string of the molecule is CC(=O)c1c(NC=O)[nH]c2cc(-c3ccc(CCN)cc3)ccc12. The topological polar surface area (TPSA) is 88.0 Å². The fourth-order valence-corrected chi connectivity index (χ4v) is 2.94. The maximum absolute atomic E-state index is 11.9. The van der Waals surface area contributed by atoms with Crippen molar-refractivity contribution in [2.45, 2.75) is 13.3 Å². The smallest absolute Gasteiger partial charge is 0.212 e. The summed E-state index contributed by atoms with van der Waals surface area (Å²) in [6, 6.07) is 14.1. The summed E-state index contributed by atoms with van der Waals surface area (Å²) in [7, 11) is 0. The Kier molecular flexibility index (Phi) is 4.44. The molecular weight excluding hydrogens is 302 g/mol. The fraction of sp³-hybridized carbons (Fsp3) is 0.158. The molecule has 122 valence electrons. The van der Waals surface area contributed by atoms with Crippen LogP contribution in [0.2, 0.25) is 0 Å². The van der Waals surface area contributed by atoms with Crippen molar-refractivity contribution in [1.82, 2.24) is 4.98 Å². The van der Waals surface area contributed by atoms with Crippen LogP contribution < -0.4 is 11.1 Å². The van der Waals surface area contributed by atoms with Crippen LogP contribution >= 0.6 is 0 Å². The van der Waals surface area contributed by atoms with Crippen molar-refractivity contribution in [3.8, 4) is 11.1 Å². The molecule has 1 aromatic heterocycles. The molecule has 1 amide bonds. The number of Topliss-reactive ketones (excluding diaryl/α,β-unsaturated/α-hetero) is 1. The number of rotatable bonds is 6. The van der Waals surface area contributed by atoms with E-state index in [9.17, 15) is 9.59 Å². The Morgan fingerprint density at radius 2 is 1.88 bits per heavy atom. The number of carbonyl (C=O) groups is 2. The predicted molar refractivity (Wildman–Crippen MR) is 96.2 cm³/mol. The van der Waals surface area contributed by atoms with Gasteiger partial charge in [-0.25, -0.2) is 0 Å². The third-order valence-electron chi connectivity index (χ3n) is 4.07. The molecule has 0 aliphatic heterocycles. The predicted octanol–water partition coefficient (Wildman–Crippen LogP) is 3.11. The van der Waals surface area contributed by atoms with Crippen molar-refractivity contribution in [3.05, 3.63) is 53.6 Å². The molecule has 5 nitrogen and oxygen atoms in total. The molecule has 0 saturated carbocycles. The molecule has 24 heavy (non-hydrogen) atoms. The van der Waals surface area contributed by atoms with E-state index in [0.717, 1.165) is 28.5 Å². The van der Waals surface area contributed by atoms with Gasteiger partial charge in [-0.3, -0.25) is 9.59 Å². The van der Waals surface area contributed by atoms with Gasteiger partial charge in [0.25, 0.3) is 0 Å². The Bertz CT molecular complexity index is 895. The number of H-pyrrole nitrogens is 1. The van der Waals surface area contributed by atoms with Crippen LogP contribution in [0.15, 0.2) is 42.5 Å². The molecule has 1 heterocycles. The Balaban J connectivity index is 2.05. The van der Waals surface area contributed by atoms with Crippen LogP contribution in [0, 0.1) is 0 Å². The molecule has 3 aromatic rings. The van der Waals surface area contributed by atoms with E-state index in [-0.39, 0.29) is 5.78 Å². The summed E-state index contributed by atoms with van der Waals surface area (Å²) in [6.45, 7) is 2.12. The number of amides is 1. The van der Waals surface area contributed by atoms with Gasteiger partial charge in [-0.05, 0) is 42.6 Å². The maximum Gasteiger partial charge on any atom is 0.212 e. The summed E-state index contributed by atoms with van der Waals surface area (Å²) in [6.07, 6.45) is 1.42. The molecule has 0 aliphatic rings. The highest BCUT2D eigenvalue weighted by atomic mass is 16.1. The van der Waals surface area contributed by atoms with Crippen molar-refractivity contribution < 1.29 is 9.59 Å². The van der Waals surface area contributed by atoms with E-state index in [4.69, 9.17) is 5.73 Å². The molecule has 0 aliphatic carbocycles. The molecule has 2 aromatic carbocycles. The van der Waals surface area contributed by atoms with Gasteiger partial charge in [0.15, 0.2) is 5.78 Å². The Labute approximate surface area is 139 Å². The minimum Gasteiger partial charge on any atom is -0.341 e. The third kappa shape index (κ3) is 2.94. The first kappa shape index (κ1) is 16.0. The van der Waals surface area contributed by atoms with Crippen molar-refractivity contribution >= 4 is 28.9 Å². The molecule has 4 N–H and O–H groups in total. The first-order chi connectivity index (χ1) is 11.6. The van der Waals surface area contributed by atoms with E-state index in [1.54, 1.807) is 0 Å². The van der Waals surface area contributed by atoms with E-state index in [0.29, 0.717) is 24.3 Å². The average molecular weight is 321 g/mol. The van der Waals surface area contributed by atoms with Gasteiger partial charge in [0.2, 0.25) is 6.41 Å². The first-order valence-corrected chi connectivity index (χ1v) is 7.80. The summed E-state index contributed by atoms with van der Waals surface area (Å²) in [4.78, 5) is 25.7. The van der Waals surface area contributed by atoms with E-state index < -0.39 is 0 Å². The van der Waals surface area contributed by atoms with Gasteiger partial charge in [-0.15, -0.1) is 0 Å². The number of nitrogens with two attached hydrogens (primary N) is 1. The minimum absolute atomic E-state index is 0.0931. The van der Waals surface area contributed by atoms with Crippen LogP contribution in [0.25, 0.3) is 22.0 Å². The summed E-state index contributed by atoms with van der Waals surface area (Å²) in [5.74, 6) is 0.340. The van der Waals surface area contributed by atoms with Crippen molar-refractivity contribution in [1.29, 1.82) is 0 Å². The lowest BCUT2D eigenvalue weighted by Gasteiger charge is -2.04. The second-order valence-corrected chi connectivity index (χ2v) is 5.69. The monoisotopic (exact) mass is 321 g/mol. The summed E-state index contributed by atoms with van der Waals surface area (Å²) >= 11 is 0. The standard InChI is InChI=1S/C19H19N3O2/c1-12(24)18-16-7-6-15(10-17(16)22-19(18)21-11-23)14-4-2-13(3-5-14)8-9-20/h2-7,10-11,22H,8-9,20H2,1H3,(H,21,23). The maximum atomic E-state index is 11.9. The van der Waals surface area contributed by atoms with Gasteiger partial charge >= 0.3 is 0 Å². The Morgan fingerprint density at radius 1 is 1.17 bits per heavy atom. The molecule has 0 saturated heterocycles. The largest absolute Gasteiger partial charge is 0.341 e. The normalized spacial score (nSPS) is 10.8. The van der Waals surface area contributed by atoms with Crippen LogP contribution in [-0.2, 0) is 11.2 Å². The number of carbonyl (C=O) groups excluding carboxylic acids is 2. The van der Waals surface area contributed by atoms with Crippen molar-refractivity contribution in [3.63, 3.8) is 0 Å². The molecule has 0 fully saturated rings. The summed E-state index contributed by atoms with van der Waals surface area (Å²) < 4.78 is 0. The van der Waals surface area contributed by atoms with E-state index in [2.05, 4.69) is 34.6 Å². The third-order valence-corrected chi connectivity index (χ3v) is 4.07. The van der Waals surface area contributed by atoms with Crippen LogP contribution in [0.1, 0.15) is 22.8 Å². The number of nitrogens with one attached hydrogen (secondary N) is 2. The zero-order chi connectivity index (χ0) is 17.1.